The second kappa shape index (κ2) is 6.37. The van der Waals surface area contributed by atoms with E-state index in [2.05, 4.69) is 36.3 Å². The number of nitrogens with one attached hydrogen (secondary N) is 1. The number of carbonyl (C=O) groups excluding carboxylic acids is 1. The number of likely N-dealkylation sites (N-methyl/N-ethyl adjacent to an activating group) is 1. The zero-order valence-electron chi connectivity index (χ0n) is 14.7. The summed E-state index contributed by atoms with van der Waals surface area (Å²) < 4.78 is 0. The average molecular weight is 333 g/mol. The molecule has 4 heteroatoms. The van der Waals surface area contributed by atoms with E-state index in [-0.39, 0.29) is 11.8 Å². The van der Waals surface area contributed by atoms with Gasteiger partial charge in [0.25, 0.3) is 5.91 Å². The lowest BCUT2D eigenvalue weighted by atomic mass is 9.95. The van der Waals surface area contributed by atoms with Crippen molar-refractivity contribution in [2.75, 3.05) is 30.4 Å². The molecule has 1 N–H and O–H groups in total. The van der Waals surface area contributed by atoms with E-state index in [1.165, 1.54) is 0 Å². The molecule has 25 heavy (non-hydrogen) atoms. The minimum atomic E-state index is 0.0872. The van der Waals surface area contributed by atoms with Crippen molar-refractivity contribution in [2.45, 2.75) is 13.5 Å². The van der Waals surface area contributed by atoms with Gasteiger partial charge in [-0.15, -0.1) is 0 Å². The molecule has 0 saturated carbocycles. The third-order valence-electron chi connectivity index (χ3n) is 5.04. The van der Waals surface area contributed by atoms with Gasteiger partial charge in [0.2, 0.25) is 0 Å². The monoisotopic (exact) mass is 333 g/mol. The normalized spacial score (nSPS) is 20.0. The predicted molar refractivity (Wildman–Crippen MR) is 102 cm³/mol. The highest BCUT2D eigenvalue weighted by Crippen LogP contribution is 2.39. The molecule has 0 bridgehead atoms. The van der Waals surface area contributed by atoms with Gasteiger partial charge in [-0.1, -0.05) is 43.3 Å². The number of rotatable bonds is 1. The van der Waals surface area contributed by atoms with Crippen LogP contribution < -0.4 is 10.2 Å². The Morgan fingerprint density at radius 1 is 1.08 bits per heavy atom. The van der Waals surface area contributed by atoms with Gasteiger partial charge in [-0.2, -0.15) is 0 Å². The van der Waals surface area contributed by atoms with Crippen molar-refractivity contribution >= 4 is 23.0 Å². The molecule has 2 aliphatic rings. The van der Waals surface area contributed by atoms with Crippen molar-refractivity contribution in [3.8, 4) is 0 Å². The third kappa shape index (κ3) is 2.83. The SMILES string of the molecule is CC1CN(C)CC=C1C(=O)N1c2ccccc2CNc2ccccc21. The number of para-hydroxylation sites is 3. The van der Waals surface area contributed by atoms with Crippen LogP contribution in [0.5, 0.6) is 0 Å². The van der Waals surface area contributed by atoms with E-state index < -0.39 is 0 Å². The van der Waals surface area contributed by atoms with Crippen molar-refractivity contribution in [1.82, 2.24) is 4.90 Å². The van der Waals surface area contributed by atoms with Crippen LogP contribution in [0.4, 0.5) is 17.1 Å². The third-order valence-corrected chi connectivity index (χ3v) is 5.04. The van der Waals surface area contributed by atoms with E-state index >= 15 is 0 Å². The Labute approximate surface area is 148 Å². The van der Waals surface area contributed by atoms with Crippen molar-refractivity contribution in [2.24, 2.45) is 5.92 Å². The van der Waals surface area contributed by atoms with Crippen LogP contribution in [0, 0.1) is 5.92 Å². The molecule has 2 aromatic carbocycles. The maximum absolute atomic E-state index is 13.6. The van der Waals surface area contributed by atoms with Gasteiger partial charge in [-0.05, 0) is 36.7 Å². The molecule has 0 aliphatic carbocycles. The molecule has 4 rings (SSSR count). The van der Waals surface area contributed by atoms with E-state index in [0.29, 0.717) is 6.54 Å². The molecule has 0 fully saturated rings. The number of amides is 1. The standard InChI is InChI=1S/C21H23N3O/c1-15-14-23(2)12-11-17(15)21(25)24-19-9-5-3-7-16(19)13-22-18-8-4-6-10-20(18)24/h3-11,15,22H,12-14H2,1-2H3. The van der Waals surface area contributed by atoms with E-state index in [1.807, 2.05) is 47.4 Å². The molecule has 0 radical (unpaired) electrons. The molecule has 2 aromatic rings. The van der Waals surface area contributed by atoms with Crippen LogP contribution >= 0.6 is 0 Å². The van der Waals surface area contributed by atoms with Crippen molar-refractivity contribution in [1.29, 1.82) is 0 Å². The minimum absolute atomic E-state index is 0.0872. The molecule has 0 spiro atoms. The Bertz CT molecular complexity index is 795. The second-order valence-electron chi connectivity index (χ2n) is 6.92. The molecule has 0 aromatic heterocycles. The number of anilines is 3. The van der Waals surface area contributed by atoms with Gasteiger partial charge in [0.1, 0.15) is 0 Å². The first-order valence-electron chi connectivity index (χ1n) is 8.79. The highest BCUT2D eigenvalue weighted by molar-refractivity contribution is 6.13. The van der Waals surface area contributed by atoms with E-state index in [9.17, 15) is 4.79 Å². The molecule has 0 saturated heterocycles. The maximum atomic E-state index is 13.6. The molecule has 1 atom stereocenters. The molecular formula is C21H23N3O. The van der Waals surface area contributed by atoms with Crippen LogP contribution in [0.1, 0.15) is 12.5 Å². The van der Waals surface area contributed by atoms with E-state index in [0.717, 1.165) is 41.3 Å². The van der Waals surface area contributed by atoms with Gasteiger partial charge < -0.3 is 10.2 Å². The fourth-order valence-electron chi connectivity index (χ4n) is 3.76. The first kappa shape index (κ1) is 15.9. The highest BCUT2D eigenvalue weighted by Gasteiger charge is 2.31. The van der Waals surface area contributed by atoms with Crippen molar-refractivity contribution < 1.29 is 4.79 Å². The lowest BCUT2D eigenvalue weighted by molar-refractivity contribution is -0.115. The van der Waals surface area contributed by atoms with E-state index in [4.69, 9.17) is 0 Å². The van der Waals surface area contributed by atoms with Gasteiger partial charge in [0, 0.05) is 25.2 Å². The van der Waals surface area contributed by atoms with Crippen molar-refractivity contribution in [3.63, 3.8) is 0 Å². The van der Waals surface area contributed by atoms with E-state index in [1.54, 1.807) is 0 Å². The largest absolute Gasteiger partial charge is 0.379 e. The van der Waals surface area contributed by atoms with Gasteiger partial charge in [-0.3, -0.25) is 9.69 Å². The lowest BCUT2D eigenvalue weighted by Gasteiger charge is -2.31. The summed E-state index contributed by atoms with van der Waals surface area (Å²) in [5, 5.41) is 3.47. The van der Waals surface area contributed by atoms with Crippen LogP contribution in [0.25, 0.3) is 0 Å². The number of carbonyl (C=O) groups is 1. The van der Waals surface area contributed by atoms with Gasteiger partial charge >= 0.3 is 0 Å². The van der Waals surface area contributed by atoms with Gasteiger partial charge in [0.05, 0.1) is 17.1 Å². The predicted octanol–water partition coefficient (Wildman–Crippen LogP) is 3.78. The first-order chi connectivity index (χ1) is 12.1. The minimum Gasteiger partial charge on any atom is -0.379 e. The summed E-state index contributed by atoms with van der Waals surface area (Å²) in [5.74, 6) is 0.311. The fourth-order valence-corrected chi connectivity index (χ4v) is 3.76. The van der Waals surface area contributed by atoms with Crippen molar-refractivity contribution in [3.05, 3.63) is 65.7 Å². The topological polar surface area (TPSA) is 35.6 Å². The van der Waals surface area contributed by atoms with Crippen LogP contribution in [-0.2, 0) is 11.3 Å². The number of hydrogen-bond acceptors (Lipinski definition) is 3. The Hall–Kier alpha value is -2.59. The Balaban J connectivity index is 1.84. The molecule has 4 nitrogen and oxygen atoms in total. The number of nitrogens with zero attached hydrogens (tertiary/aromatic N) is 2. The highest BCUT2D eigenvalue weighted by atomic mass is 16.2. The van der Waals surface area contributed by atoms with Crippen LogP contribution in [-0.4, -0.2) is 30.9 Å². The smallest absolute Gasteiger partial charge is 0.258 e. The molecule has 1 unspecified atom stereocenters. The number of fused-ring (bicyclic) bond motifs is 2. The van der Waals surface area contributed by atoms with Gasteiger partial charge in [0.15, 0.2) is 0 Å². The maximum Gasteiger partial charge on any atom is 0.258 e. The molecule has 2 aliphatic heterocycles. The number of hydrogen-bond donors (Lipinski definition) is 1. The summed E-state index contributed by atoms with van der Waals surface area (Å²) in [7, 11) is 2.09. The summed E-state index contributed by atoms with van der Waals surface area (Å²) in [6.45, 7) is 4.58. The molecule has 128 valence electrons. The first-order valence-corrected chi connectivity index (χ1v) is 8.79. The Morgan fingerprint density at radius 3 is 2.60 bits per heavy atom. The summed E-state index contributed by atoms with van der Waals surface area (Å²) in [4.78, 5) is 17.7. The summed E-state index contributed by atoms with van der Waals surface area (Å²) in [6, 6.07) is 16.2. The summed E-state index contributed by atoms with van der Waals surface area (Å²) in [5.41, 5.74) is 4.92. The van der Waals surface area contributed by atoms with Crippen LogP contribution in [0.3, 0.4) is 0 Å². The van der Waals surface area contributed by atoms with Crippen LogP contribution in [0.2, 0.25) is 0 Å². The quantitative estimate of drug-likeness (QED) is 0.862. The molecule has 1 amide bonds. The average Bonchev–Trinajstić information content (AvgIpc) is 2.78. The lowest BCUT2D eigenvalue weighted by Crippen LogP contribution is -2.37. The number of benzene rings is 2. The van der Waals surface area contributed by atoms with Gasteiger partial charge in [-0.25, -0.2) is 0 Å². The summed E-state index contributed by atoms with van der Waals surface area (Å²) in [6.07, 6.45) is 2.08. The second-order valence-corrected chi connectivity index (χ2v) is 6.92. The summed E-state index contributed by atoms with van der Waals surface area (Å²) >= 11 is 0. The zero-order valence-corrected chi connectivity index (χ0v) is 14.7. The Kier molecular flexibility index (Phi) is 4.06. The molecule has 2 heterocycles. The fraction of sp³-hybridized carbons (Fsp3) is 0.286. The van der Waals surface area contributed by atoms with Crippen LogP contribution in [0.15, 0.2) is 60.2 Å². The molecular weight excluding hydrogens is 310 g/mol. The zero-order chi connectivity index (χ0) is 17.4. The Morgan fingerprint density at radius 2 is 1.80 bits per heavy atom.